The molecule has 1 aliphatic rings. The lowest BCUT2D eigenvalue weighted by atomic mass is 9.80. The van der Waals surface area contributed by atoms with Gasteiger partial charge in [-0.3, -0.25) is 0 Å². The molecular formula is C21H32BrN5S. The number of thiophene rings is 1. The summed E-state index contributed by atoms with van der Waals surface area (Å²) in [6.07, 6.45) is 5.00. The molecule has 154 valence electrons. The Kier molecular flexibility index (Phi) is 6.49. The van der Waals surface area contributed by atoms with E-state index in [-0.39, 0.29) is 11.1 Å². The van der Waals surface area contributed by atoms with Gasteiger partial charge in [0.1, 0.15) is 0 Å². The van der Waals surface area contributed by atoms with Gasteiger partial charge >= 0.3 is 0 Å². The first-order chi connectivity index (χ1) is 13.0. The Balaban J connectivity index is 1.77. The van der Waals surface area contributed by atoms with E-state index in [4.69, 9.17) is 4.98 Å². The van der Waals surface area contributed by atoms with Crippen LogP contribution in [0.5, 0.6) is 0 Å². The summed E-state index contributed by atoms with van der Waals surface area (Å²) in [5, 5.41) is 7.32. The quantitative estimate of drug-likeness (QED) is 0.641. The van der Waals surface area contributed by atoms with Crippen LogP contribution in [0.4, 0.5) is 5.95 Å². The molecule has 2 N–H and O–H groups in total. The summed E-state index contributed by atoms with van der Waals surface area (Å²) >= 11 is 5.45. The van der Waals surface area contributed by atoms with Gasteiger partial charge in [-0.15, -0.1) is 11.3 Å². The number of rotatable bonds is 6. The van der Waals surface area contributed by atoms with Gasteiger partial charge in [-0.1, -0.05) is 0 Å². The van der Waals surface area contributed by atoms with E-state index >= 15 is 0 Å². The average molecular weight is 466 g/mol. The predicted molar refractivity (Wildman–Crippen MR) is 123 cm³/mol. The number of halogens is 1. The summed E-state index contributed by atoms with van der Waals surface area (Å²) in [4.78, 5) is 14.2. The molecule has 0 radical (unpaired) electrons. The third-order valence-electron chi connectivity index (χ3n) is 4.97. The number of hydrogen-bond donors (Lipinski definition) is 2. The Hall–Kier alpha value is -1.02. The first-order valence-corrected chi connectivity index (χ1v) is 11.5. The molecule has 1 fully saturated rings. The van der Waals surface area contributed by atoms with Crippen molar-refractivity contribution in [2.75, 3.05) is 26.0 Å². The molecule has 3 heterocycles. The zero-order chi connectivity index (χ0) is 20.5. The maximum atomic E-state index is 4.85. The maximum absolute atomic E-state index is 4.85. The SMILES string of the molecule is CN(C)CCc1ccc(-c2nc(NC3CC(C)(C)NC(C)(C)C3)ncc2Br)s1. The molecule has 0 bridgehead atoms. The van der Waals surface area contributed by atoms with Crippen LogP contribution >= 0.6 is 27.3 Å². The number of hydrogen-bond acceptors (Lipinski definition) is 6. The Morgan fingerprint density at radius 3 is 2.54 bits per heavy atom. The zero-order valence-electron chi connectivity index (χ0n) is 17.8. The van der Waals surface area contributed by atoms with Gasteiger partial charge in [-0.05, 0) is 89.1 Å². The molecule has 2 aromatic rings. The van der Waals surface area contributed by atoms with Gasteiger partial charge in [0.05, 0.1) is 15.0 Å². The highest BCUT2D eigenvalue weighted by Crippen LogP contribution is 2.34. The van der Waals surface area contributed by atoms with Crippen molar-refractivity contribution in [2.45, 2.75) is 64.1 Å². The van der Waals surface area contributed by atoms with Gasteiger partial charge in [-0.25, -0.2) is 9.97 Å². The minimum Gasteiger partial charge on any atom is -0.351 e. The Morgan fingerprint density at radius 1 is 1.21 bits per heavy atom. The summed E-state index contributed by atoms with van der Waals surface area (Å²) in [5.74, 6) is 0.708. The Labute approximate surface area is 181 Å². The molecule has 0 unspecified atom stereocenters. The van der Waals surface area contributed by atoms with Gasteiger partial charge < -0.3 is 15.5 Å². The van der Waals surface area contributed by atoms with Crippen LogP contribution in [0.2, 0.25) is 0 Å². The largest absolute Gasteiger partial charge is 0.351 e. The van der Waals surface area contributed by atoms with Crippen LogP contribution in [0, 0.1) is 0 Å². The molecule has 3 rings (SSSR count). The molecule has 0 aromatic carbocycles. The molecule has 7 heteroatoms. The number of likely N-dealkylation sites (N-methyl/N-ethyl adjacent to an activating group) is 1. The topological polar surface area (TPSA) is 53.1 Å². The van der Waals surface area contributed by atoms with E-state index in [1.807, 2.05) is 17.5 Å². The normalized spacial score (nSPS) is 19.1. The first-order valence-electron chi connectivity index (χ1n) is 9.85. The van der Waals surface area contributed by atoms with E-state index in [9.17, 15) is 0 Å². The van der Waals surface area contributed by atoms with Crippen LogP contribution in [0.3, 0.4) is 0 Å². The highest BCUT2D eigenvalue weighted by atomic mass is 79.9. The van der Waals surface area contributed by atoms with E-state index in [0.29, 0.717) is 12.0 Å². The molecule has 0 aliphatic carbocycles. The van der Waals surface area contributed by atoms with Crippen LogP contribution < -0.4 is 10.6 Å². The van der Waals surface area contributed by atoms with Gasteiger partial charge in [0.25, 0.3) is 0 Å². The molecule has 1 aliphatic heterocycles. The standard InChI is InChI=1S/C21H32BrN5S/c1-20(2)11-14(12-21(3,4)26-20)24-19-23-13-16(22)18(25-19)17-8-7-15(28-17)9-10-27(5)6/h7-8,13-14,26H,9-12H2,1-6H3,(H,23,24,25). The van der Waals surface area contributed by atoms with Crippen molar-refractivity contribution >= 4 is 33.2 Å². The van der Waals surface area contributed by atoms with Crippen molar-refractivity contribution in [1.82, 2.24) is 20.2 Å². The second-order valence-electron chi connectivity index (χ2n) is 9.35. The van der Waals surface area contributed by atoms with Crippen LogP contribution in [0.15, 0.2) is 22.8 Å². The highest BCUT2D eigenvalue weighted by molar-refractivity contribution is 9.10. The summed E-state index contributed by atoms with van der Waals surface area (Å²) in [5.41, 5.74) is 1.14. The van der Waals surface area contributed by atoms with Gasteiger partial charge in [0.2, 0.25) is 5.95 Å². The maximum Gasteiger partial charge on any atom is 0.223 e. The van der Waals surface area contributed by atoms with E-state index in [2.05, 4.69) is 90.4 Å². The second kappa shape index (κ2) is 8.38. The van der Waals surface area contributed by atoms with Gasteiger partial charge in [0, 0.05) is 34.7 Å². The number of nitrogens with one attached hydrogen (secondary N) is 2. The van der Waals surface area contributed by atoms with Crippen LogP contribution in [-0.4, -0.2) is 52.6 Å². The molecular weight excluding hydrogens is 434 g/mol. The number of anilines is 1. The third-order valence-corrected chi connectivity index (χ3v) is 6.70. The first kappa shape index (κ1) is 21.7. The Bertz CT molecular complexity index is 799. The average Bonchev–Trinajstić information content (AvgIpc) is 3.00. The summed E-state index contributed by atoms with van der Waals surface area (Å²) in [6.45, 7) is 10.1. The summed E-state index contributed by atoms with van der Waals surface area (Å²) < 4.78 is 0.935. The lowest BCUT2D eigenvalue weighted by Crippen LogP contribution is -2.60. The number of nitrogens with zero attached hydrogens (tertiary/aromatic N) is 3. The van der Waals surface area contributed by atoms with Crippen molar-refractivity contribution in [3.8, 4) is 10.6 Å². The predicted octanol–water partition coefficient (Wildman–Crippen LogP) is 4.79. The number of piperidine rings is 1. The van der Waals surface area contributed by atoms with E-state index in [0.717, 1.165) is 36.0 Å². The van der Waals surface area contributed by atoms with Crippen LogP contribution in [0.25, 0.3) is 10.6 Å². The fraction of sp³-hybridized carbons (Fsp3) is 0.619. The third kappa shape index (κ3) is 5.75. The fourth-order valence-corrected chi connectivity index (χ4v) is 5.73. The van der Waals surface area contributed by atoms with E-state index < -0.39 is 0 Å². The highest BCUT2D eigenvalue weighted by Gasteiger charge is 2.37. The molecule has 28 heavy (non-hydrogen) atoms. The van der Waals surface area contributed by atoms with E-state index in [1.165, 1.54) is 9.75 Å². The molecule has 0 spiro atoms. The smallest absolute Gasteiger partial charge is 0.223 e. The molecule has 5 nitrogen and oxygen atoms in total. The van der Waals surface area contributed by atoms with Crippen molar-refractivity contribution < 1.29 is 0 Å². The van der Waals surface area contributed by atoms with Gasteiger partial charge in [-0.2, -0.15) is 0 Å². The lowest BCUT2D eigenvalue weighted by Gasteiger charge is -2.46. The van der Waals surface area contributed by atoms with E-state index in [1.54, 1.807) is 0 Å². The molecule has 0 saturated carbocycles. The minimum atomic E-state index is 0.0900. The molecule has 2 aromatic heterocycles. The second-order valence-corrected chi connectivity index (χ2v) is 11.4. The summed E-state index contributed by atoms with van der Waals surface area (Å²) in [6, 6.07) is 4.73. The van der Waals surface area contributed by atoms with Crippen molar-refractivity contribution in [2.24, 2.45) is 0 Å². The molecule has 0 amide bonds. The van der Waals surface area contributed by atoms with Crippen LogP contribution in [-0.2, 0) is 6.42 Å². The van der Waals surface area contributed by atoms with Gasteiger partial charge in [0.15, 0.2) is 0 Å². The monoisotopic (exact) mass is 465 g/mol. The van der Waals surface area contributed by atoms with Crippen molar-refractivity contribution in [3.05, 3.63) is 27.7 Å². The lowest BCUT2D eigenvalue weighted by molar-refractivity contribution is 0.170. The van der Waals surface area contributed by atoms with Crippen molar-refractivity contribution in [3.63, 3.8) is 0 Å². The van der Waals surface area contributed by atoms with Crippen molar-refractivity contribution in [1.29, 1.82) is 0 Å². The Morgan fingerprint density at radius 2 is 1.89 bits per heavy atom. The molecule has 0 atom stereocenters. The zero-order valence-corrected chi connectivity index (χ0v) is 20.2. The fourth-order valence-electron chi connectivity index (χ4n) is 4.19. The molecule has 1 saturated heterocycles. The minimum absolute atomic E-state index is 0.0900. The van der Waals surface area contributed by atoms with Crippen LogP contribution in [0.1, 0.15) is 45.4 Å². The number of aromatic nitrogens is 2. The summed E-state index contributed by atoms with van der Waals surface area (Å²) in [7, 11) is 4.22.